The monoisotopic (exact) mass is 392 g/mol. The fourth-order valence-corrected chi connectivity index (χ4v) is 7.86. The second-order valence-corrected chi connectivity index (χ2v) is 8.94. The molecule has 8 heteroatoms. The van der Waals surface area contributed by atoms with Crippen LogP contribution in [0, 0.1) is 11.3 Å². The van der Waals surface area contributed by atoms with Crippen molar-refractivity contribution in [1.29, 1.82) is 0 Å². The Morgan fingerprint density at radius 1 is 1.14 bits per heavy atom. The van der Waals surface area contributed by atoms with Gasteiger partial charge in [-0.05, 0) is 37.3 Å². The molecule has 1 spiro atoms. The Kier molecular flexibility index (Phi) is 4.44. The molecule has 0 amide bonds. The molecule has 6 rings (SSSR count). The van der Waals surface area contributed by atoms with E-state index in [-0.39, 0.29) is 39.6 Å². The van der Waals surface area contributed by atoms with Crippen LogP contribution in [0.25, 0.3) is 0 Å². The lowest BCUT2D eigenvalue weighted by Crippen LogP contribution is -3.18. The molecule has 8 N–H and O–H groups in total. The van der Waals surface area contributed by atoms with Crippen LogP contribution in [0.2, 0.25) is 0 Å². The lowest BCUT2D eigenvalue weighted by Gasteiger charge is -2.62. The maximum absolute atomic E-state index is 13.3. The van der Waals surface area contributed by atoms with E-state index in [4.69, 9.17) is 0 Å². The van der Waals surface area contributed by atoms with Gasteiger partial charge in [0.05, 0.1) is 35.9 Å². The third-order valence-corrected chi connectivity index (χ3v) is 8.35. The van der Waals surface area contributed by atoms with Crippen LogP contribution in [-0.4, -0.2) is 52.9 Å². The van der Waals surface area contributed by atoms with Gasteiger partial charge in [0.2, 0.25) is 0 Å². The topological polar surface area (TPSA) is 168 Å². The van der Waals surface area contributed by atoms with Crippen LogP contribution < -0.4 is 15.3 Å². The molecule has 0 aromatic heterocycles. The van der Waals surface area contributed by atoms with E-state index < -0.39 is 16.9 Å². The van der Waals surface area contributed by atoms with Crippen molar-refractivity contribution in [3.8, 4) is 0 Å². The lowest BCUT2D eigenvalue weighted by molar-refractivity contribution is -0.930. The van der Waals surface area contributed by atoms with Gasteiger partial charge in [-0.2, -0.15) is 0 Å². The Morgan fingerprint density at radius 2 is 1.89 bits per heavy atom. The summed E-state index contributed by atoms with van der Waals surface area (Å²) in [6.45, 7) is 1.85. The van der Waals surface area contributed by atoms with Gasteiger partial charge in [-0.25, -0.2) is 0 Å². The number of Topliss-reactive ketones (excluding diaryl/α,β-unsaturated/α-hetero) is 1. The molecule has 154 valence electrons. The third-order valence-electron chi connectivity index (χ3n) is 8.35. The normalized spacial score (nSPS) is 43.3. The summed E-state index contributed by atoms with van der Waals surface area (Å²) < 4.78 is 0. The number of carbonyl (C=O) groups is 2. The van der Waals surface area contributed by atoms with Crippen molar-refractivity contribution in [2.75, 3.05) is 18.4 Å². The molecule has 8 nitrogen and oxygen atoms in total. The van der Waals surface area contributed by atoms with Crippen LogP contribution in [0.5, 0.6) is 0 Å². The number of anilines is 1. The van der Waals surface area contributed by atoms with Gasteiger partial charge in [0, 0.05) is 17.5 Å². The number of hydrogen-bond acceptors (Lipinski definition) is 4. The van der Waals surface area contributed by atoms with Crippen molar-refractivity contribution < 1.29 is 36.0 Å². The van der Waals surface area contributed by atoms with Crippen molar-refractivity contribution in [1.82, 2.24) is 0 Å². The molecule has 2 saturated carbocycles. The molecule has 4 fully saturated rings. The number of ketones is 1. The van der Waals surface area contributed by atoms with Crippen molar-refractivity contribution >= 4 is 17.4 Å². The van der Waals surface area contributed by atoms with Crippen LogP contribution in [0.1, 0.15) is 37.7 Å². The number of benzene rings is 1. The summed E-state index contributed by atoms with van der Waals surface area (Å²) >= 11 is 0. The van der Waals surface area contributed by atoms with Gasteiger partial charge >= 0.3 is 0 Å². The number of piperidine rings is 1. The van der Waals surface area contributed by atoms with Gasteiger partial charge in [0.25, 0.3) is 0 Å². The smallest absolute Gasteiger partial charge is 0.143 e. The van der Waals surface area contributed by atoms with Crippen molar-refractivity contribution in [3.63, 3.8) is 0 Å². The molecule has 1 aromatic rings. The van der Waals surface area contributed by atoms with Crippen LogP contribution >= 0.6 is 0 Å². The van der Waals surface area contributed by atoms with E-state index in [2.05, 4.69) is 11.4 Å². The van der Waals surface area contributed by atoms with E-state index in [1.807, 2.05) is 18.2 Å². The molecular formula is C20H28N2O6. The SMILES string of the molecule is O.O.O.O=C1C[C@]23CCC[NH+]4C[C@@H]1[C@]1(c5ccccc5N[C@]1(C(=O)[O-])CC2)[C@H]43. The first kappa shape index (κ1) is 20.7. The molecule has 2 aliphatic carbocycles. The molecular weight excluding hydrogens is 364 g/mol. The molecule has 6 atom stereocenters. The van der Waals surface area contributed by atoms with Crippen LogP contribution in [0.3, 0.4) is 0 Å². The number of aliphatic carboxylic acids is 1. The fraction of sp³-hybridized carbons (Fsp3) is 0.600. The number of carboxylic acids is 1. The van der Waals surface area contributed by atoms with Gasteiger partial charge in [-0.3, -0.25) is 4.79 Å². The molecule has 1 unspecified atom stereocenters. The summed E-state index contributed by atoms with van der Waals surface area (Å²) in [5, 5.41) is 15.9. The number of fused-ring (bicyclic) bond motifs is 1. The predicted molar refractivity (Wildman–Crippen MR) is 98.8 cm³/mol. The fourth-order valence-electron chi connectivity index (χ4n) is 7.86. The van der Waals surface area contributed by atoms with Crippen molar-refractivity contribution in [2.24, 2.45) is 11.3 Å². The highest BCUT2D eigenvalue weighted by Gasteiger charge is 2.82. The first-order valence-electron chi connectivity index (χ1n) is 9.52. The Labute approximate surface area is 162 Å². The molecule has 3 aliphatic heterocycles. The predicted octanol–water partition coefficient (Wildman–Crippen LogP) is -3.21. The zero-order valence-corrected chi connectivity index (χ0v) is 15.6. The number of carboxylic acid groups (broad SMARTS) is 1. The zero-order valence-electron chi connectivity index (χ0n) is 15.6. The largest absolute Gasteiger partial charge is 0.548 e. The van der Waals surface area contributed by atoms with E-state index in [0.717, 1.165) is 43.6 Å². The van der Waals surface area contributed by atoms with Gasteiger partial charge in [0.1, 0.15) is 11.8 Å². The maximum atomic E-state index is 13.3. The minimum absolute atomic E-state index is 0. The second kappa shape index (κ2) is 6.00. The Bertz CT molecular complexity index is 846. The Morgan fingerprint density at radius 3 is 2.64 bits per heavy atom. The van der Waals surface area contributed by atoms with Gasteiger partial charge in [0.15, 0.2) is 0 Å². The van der Waals surface area contributed by atoms with Crippen molar-refractivity contribution in [2.45, 2.75) is 49.1 Å². The van der Waals surface area contributed by atoms with Crippen LogP contribution in [0.4, 0.5) is 5.69 Å². The summed E-state index contributed by atoms with van der Waals surface area (Å²) in [5.41, 5.74) is 0.170. The molecule has 5 aliphatic rings. The van der Waals surface area contributed by atoms with Gasteiger partial charge in [-0.1, -0.05) is 18.2 Å². The molecule has 3 heterocycles. The Balaban J connectivity index is 0.000000750. The minimum Gasteiger partial charge on any atom is -0.548 e. The first-order valence-corrected chi connectivity index (χ1v) is 9.52. The zero-order chi connectivity index (χ0) is 17.0. The molecule has 4 bridgehead atoms. The maximum Gasteiger partial charge on any atom is 0.143 e. The number of carbonyl (C=O) groups excluding carboxylic acids is 2. The minimum atomic E-state index is -1.13. The quantitative estimate of drug-likeness (QED) is 0.513. The highest BCUT2D eigenvalue weighted by atomic mass is 16.4. The number of nitrogens with one attached hydrogen (secondary N) is 2. The number of para-hydroxylation sites is 1. The summed E-state index contributed by atoms with van der Waals surface area (Å²) in [6, 6.07) is 8.18. The summed E-state index contributed by atoms with van der Waals surface area (Å²) in [4.78, 5) is 27.3. The van der Waals surface area contributed by atoms with E-state index in [1.165, 1.54) is 4.90 Å². The highest BCUT2D eigenvalue weighted by Crippen LogP contribution is 2.68. The van der Waals surface area contributed by atoms with Crippen LogP contribution in [0.15, 0.2) is 24.3 Å². The van der Waals surface area contributed by atoms with Gasteiger partial charge in [-0.15, -0.1) is 0 Å². The average Bonchev–Trinajstić information content (AvgIpc) is 3.09. The number of quaternary nitrogens is 1. The van der Waals surface area contributed by atoms with E-state index in [1.54, 1.807) is 0 Å². The average molecular weight is 392 g/mol. The second-order valence-electron chi connectivity index (χ2n) is 8.94. The summed E-state index contributed by atoms with van der Waals surface area (Å²) in [7, 11) is 0. The number of rotatable bonds is 1. The molecule has 28 heavy (non-hydrogen) atoms. The standard InChI is InChI=1S/C20H22N2O3.3H2O/c23-15-10-18-6-3-9-22-11-13(15)20(16(18)22)12-4-1-2-5-14(12)21-19(20,8-7-18)17(24)25;;;/h1-2,4-5,13,16,21H,3,6-11H2,(H,24,25);3*1H2/t13-,16+,18-,19-,20+;;;/m0.../s1. The Hall–Kier alpha value is -2.00. The summed E-state index contributed by atoms with van der Waals surface area (Å²) in [6.07, 6.45) is 4.24. The van der Waals surface area contributed by atoms with Crippen molar-refractivity contribution in [3.05, 3.63) is 29.8 Å². The van der Waals surface area contributed by atoms with E-state index >= 15 is 0 Å². The highest BCUT2D eigenvalue weighted by molar-refractivity contribution is 5.96. The number of hydrogen-bond donors (Lipinski definition) is 2. The van der Waals surface area contributed by atoms with E-state index in [0.29, 0.717) is 12.8 Å². The molecule has 1 aromatic carbocycles. The molecule has 2 saturated heterocycles. The first-order chi connectivity index (χ1) is 12.1. The summed E-state index contributed by atoms with van der Waals surface area (Å²) in [5.74, 6) is -0.936. The van der Waals surface area contributed by atoms with Crippen LogP contribution in [-0.2, 0) is 15.0 Å². The molecule has 0 radical (unpaired) electrons. The van der Waals surface area contributed by atoms with E-state index in [9.17, 15) is 14.7 Å². The lowest BCUT2D eigenvalue weighted by atomic mass is 9.41. The van der Waals surface area contributed by atoms with Gasteiger partial charge < -0.3 is 36.5 Å². The third kappa shape index (κ3) is 1.80.